The third-order valence-electron chi connectivity index (χ3n) is 5.11. The Morgan fingerprint density at radius 1 is 0.469 bits per heavy atom. The fraction of sp³-hybridized carbons (Fsp3) is 0.111. The number of benzene rings is 4. The molecule has 0 aromatic heterocycles. The first-order valence-electron chi connectivity index (χ1n) is 10.1. The first-order chi connectivity index (χ1) is 15.3. The quantitative estimate of drug-likeness (QED) is 0.304. The number of phenolic OH excluding ortho intramolecular Hbond substituents is 4. The van der Waals surface area contributed by atoms with E-state index in [1.54, 1.807) is 60.7 Å². The van der Waals surface area contributed by atoms with Crippen molar-refractivity contribution in [3.63, 3.8) is 0 Å². The van der Waals surface area contributed by atoms with Gasteiger partial charge in [0.2, 0.25) is 0 Å². The first-order valence-corrected chi connectivity index (χ1v) is 10.1. The van der Waals surface area contributed by atoms with Gasteiger partial charge in [0, 0.05) is 16.5 Å². The van der Waals surface area contributed by atoms with Gasteiger partial charge in [-0.2, -0.15) is 0 Å². The summed E-state index contributed by atoms with van der Waals surface area (Å²) in [5.41, 5.74) is 1.18. The highest BCUT2D eigenvalue weighted by Crippen LogP contribution is 2.40. The van der Waals surface area contributed by atoms with Gasteiger partial charge in [-0.25, -0.2) is 0 Å². The molecule has 0 radical (unpaired) electrons. The molecule has 0 saturated heterocycles. The third kappa shape index (κ3) is 5.13. The second-order valence-corrected chi connectivity index (χ2v) is 7.70. The normalized spacial score (nSPS) is 10.7. The van der Waals surface area contributed by atoms with Crippen LogP contribution >= 0.6 is 0 Å². The molecule has 0 atom stereocenters. The molecule has 0 fully saturated rings. The van der Waals surface area contributed by atoms with E-state index in [0.717, 1.165) is 11.1 Å². The molecular formula is C27H26O5. The molecule has 4 aromatic rings. The molecule has 0 amide bonds. The van der Waals surface area contributed by atoms with E-state index in [0.29, 0.717) is 11.5 Å². The molecule has 0 aliphatic carbocycles. The van der Waals surface area contributed by atoms with Crippen molar-refractivity contribution in [2.75, 3.05) is 0 Å². The lowest BCUT2D eigenvalue weighted by atomic mass is 9.77. The number of rotatable bonds is 4. The van der Waals surface area contributed by atoms with Crippen molar-refractivity contribution in [3.05, 3.63) is 108 Å². The van der Waals surface area contributed by atoms with Crippen LogP contribution in [0.25, 0.3) is 0 Å². The van der Waals surface area contributed by atoms with Gasteiger partial charge in [0.25, 0.3) is 0 Å². The molecule has 4 rings (SSSR count). The topological polar surface area (TPSA) is 90.2 Å². The summed E-state index contributed by atoms with van der Waals surface area (Å²) in [5.74, 6) is 1.22. The minimum absolute atomic E-state index is 0.0424. The van der Waals surface area contributed by atoms with Crippen LogP contribution in [0.1, 0.15) is 25.0 Å². The van der Waals surface area contributed by atoms with Crippen molar-refractivity contribution >= 4 is 0 Å². The molecule has 4 aromatic carbocycles. The molecule has 0 unspecified atom stereocenters. The SMILES string of the molecule is CC(C)(c1ccccc1O)c1ccccc1O.Oc1ccccc1Oc1ccccc1O. The molecule has 5 nitrogen and oxygen atoms in total. The molecule has 0 spiro atoms. The van der Waals surface area contributed by atoms with Gasteiger partial charge in [0.1, 0.15) is 11.5 Å². The molecule has 0 heterocycles. The zero-order valence-electron chi connectivity index (χ0n) is 17.9. The zero-order chi connectivity index (χ0) is 23.1. The van der Waals surface area contributed by atoms with Crippen molar-refractivity contribution < 1.29 is 25.2 Å². The standard InChI is InChI=1S/C15H16O2.C12H10O3/c1-15(2,11-7-3-5-9-13(11)16)12-8-4-6-10-14(12)17;13-9-5-1-3-7-11(9)15-12-8-4-2-6-10(12)14/h3-10,16-17H,1-2H3;1-8,13-14H. The molecule has 5 heteroatoms. The minimum atomic E-state index is -0.434. The summed E-state index contributed by atoms with van der Waals surface area (Å²) in [4.78, 5) is 0. The molecule has 164 valence electrons. The number of hydrogen-bond donors (Lipinski definition) is 4. The highest BCUT2D eigenvalue weighted by Gasteiger charge is 2.28. The van der Waals surface area contributed by atoms with Crippen LogP contribution in [0.5, 0.6) is 34.5 Å². The van der Waals surface area contributed by atoms with Crippen molar-refractivity contribution in [2.45, 2.75) is 19.3 Å². The van der Waals surface area contributed by atoms with Crippen LogP contribution in [0.4, 0.5) is 0 Å². The summed E-state index contributed by atoms with van der Waals surface area (Å²) in [6, 6.07) is 27.6. The Hall–Kier alpha value is -4.12. The molecular weight excluding hydrogens is 404 g/mol. The Kier molecular flexibility index (Phi) is 6.90. The lowest BCUT2D eigenvalue weighted by Crippen LogP contribution is -2.19. The fourth-order valence-electron chi connectivity index (χ4n) is 3.35. The maximum atomic E-state index is 9.92. The Labute approximate surface area is 187 Å². The monoisotopic (exact) mass is 430 g/mol. The average molecular weight is 431 g/mol. The largest absolute Gasteiger partial charge is 0.508 e. The molecule has 0 aliphatic heterocycles. The van der Waals surface area contributed by atoms with Gasteiger partial charge in [-0.1, -0.05) is 74.5 Å². The predicted octanol–water partition coefficient (Wildman–Crippen LogP) is 6.31. The van der Waals surface area contributed by atoms with Crippen LogP contribution in [0.2, 0.25) is 0 Å². The van der Waals surface area contributed by atoms with Crippen molar-refractivity contribution in [3.8, 4) is 34.5 Å². The fourth-order valence-corrected chi connectivity index (χ4v) is 3.35. The van der Waals surface area contributed by atoms with Crippen LogP contribution < -0.4 is 4.74 Å². The molecule has 0 aliphatic rings. The lowest BCUT2D eigenvalue weighted by molar-refractivity contribution is 0.385. The van der Waals surface area contributed by atoms with Gasteiger partial charge in [-0.05, 0) is 36.4 Å². The third-order valence-corrected chi connectivity index (χ3v) is 5.11. The Morgan fingerprint density at radius 2 is 0.781 bits per heavy atom. The maximum absolute atomic E-state index is 9.92. The average Bonchev–Trinajstić information content (AvgIpc) is 2.78. The van der Waals surface area contributed by atoms with Crippen LogP contribution in [0.3, 0.4) is 0 Å². The summed E-state index contributed by atoms with van der Waals surface area (Å²) < 4.78 is 5.34. The summed E-state index contributed by atoms with van der Waals surface area (Å²) in [5, 5.41) is 38.7. The Bertz CT molecular complexity index is 1090. The summed E-state index contributed by atoms with van der Waals surface area (Å²) in [6.07, 6.45) is 0. The smallest absolute Gasteiger partial charge is 0.169 e. The van der Waals surface area contributed by atoms with Crippen LogP contribution in [-0.2, 0) is 5.41 Å². The molecule has 32 heavy (non-hydrogen) atoms. The van der Waals surface area contributed by atoms with E-state index in [4.69, 9.17) is 4.74 Å². The van der Waals surface area contributed by atoms with Crippen molar-refractivity contribution in [1.29, 1.82) is 0 Å². The zero-order valence-corrected chi connectivity index (χ0v) is 17.9. The van der Waals surface area contributed by atoms with E-state index in [2.05, 4.69) is 0 Å². The summed E-state index contributed by atoms with van der Waals surface area (Å²) >= 11 is 0. The Balaban J connectivity index is 0.000000182. The van der Waals surface area contributed by atoms with E-state index in [1.165, 1.54) is 12.1 Å². The number of para-hydroxylation sites is 6. The maximum Gasteiger partial charge on any atom is 0.169 e. The van der Waals surface area contributed by atoms with E-state index >= 15 is 0 Å². The van der Waals surface area contributed by atoms with Crippen molar-refractivity contribution in [1.82, 2.24) is 0 Å². The second kappa shape index (κ2) is 9.79. The van der Waals surface area contributed by atoms with Gasteiger partial charge in [-0.3, -0.25) is 0 Å². The number of aromatic hydroxyl groups is 4. The number of phenols is 4. The highest BCUT2D eigenvalue weighted by atomic mass is 16.5. The van der Waals surface area contributed by atoms with E-state index < -0.39 is 5.41 Å². The highest BCUT2D eigenvalue weighted by molar-refractivity contribution is 5.49. The number of hydrogen-bond acceptors (Lipinski definition) is 5. The van der Waals surface area contributed by atoms with Gasteiger partial charge in [0.15, 0.2) is 23.0 Å². The molecule has 0 bridgehead atoms. The van der Waals surface area contributed by atoms with Crippen LogP contribution in [-0.4, -0.2) is 20.4 Å². The van der Waals surface area contributed by atoms with Gasteiger partial charge >= 0.3 is 0 Å². The van der Waals surface area contributed by atoms with Crippen LogP contribution in [0.15, 0.2) is 97.1 Å². The Morgan fingerprint density at radius 3 is 1.12 bits per heavy atom. The number of ether oxygens (including phenoxy) is 1. The summed E-state index contributed by atoms with van der Waals surface area (Å²) in [7, 11) is 0. The van der Waals surface area contributed by atoms with E-state index in [-0.39, 0.29) is 23.0 Å². The molecule has 4 N–H and O–H groups in total. The lowest BCUT2D eigenvalue weighted by Gasteiger charge is -2.27. The predicted molar refractivity (Wildman–Crippen MR) is 125 cm³/mol. The van der Waals surface area contributed by atoms with Crippen molar-refractivity contribution in [2.24, 2.45) is 0 Å². The molecule has 0 saturated carbocycles. The van der Waals surface area contributed by atoms with E-state index in [1.807, 2.05) is 38.1 Å². The second-order valence-electron chi connectivity index (χ2n) is 7.70. The van der Waals surface area contributed by atoms with E-state index in [9.17, 15) is 20.4 Å². The van der Waals surface area contributed by atoms with Gasteiger partial charge in [0.05, 0.1) is 0 Å². The van der Waals surface area contributed by atoms with Gasteiger partial charge < -0.3 is 25.2 Å². The summed E-state index contributed by atoms with van der Waals surface area (Å²) in [6.45, 7) is 3.97. The van der Waals surface area contributed by atoms with Gasteiger partial charge in [-0.15, -0.1) is 0 Å². The minimum Gasteiger partial charge on any atom is -0.508 e. The van der Waals surface area contributed by atoms with Crippen LogP contribution in [0, 0.1) is 0 Å². The first kappa shape index (κ1) is 22.6.